The van der Waals surface area contributed by atoms with Crippen LogP contribution in [0.3, 0.4) is 0 Å². The van der Waals surface area contributed by atoms with Crippen molar-refractivity contribution in [3.63, 3.8) is 0 Å². The van der Waals surface area contributed by atoms with Crippen molar-refractivity contribution in [2.75, 3.05) is 52.9 Å². The molecule has 2 aliphatic rings. The zero-order valence-electron chi connectivity index (χ0n) is 14.6. The van der Waals surface area contributed by atoms with Gasteiger partial charge in [-0.15, -0.1) is 0 Å². The van der Waals surface area contributed by atoms with Crippen LogP contribution >= 0.6 is 0 Å². The summed E-state index contributed by atoms with van der Waals surface area (Å²) in [5.41, 5.74) is 2.43. The molecule has 2 saturated heterocycles. The van der Waals surface area contributed by atoms with Crippen molar-refractivity contribution in [3.05, 3.63) is 41.6 Å². The lowest BCUT2D eigenvalue weighted by molar-refractivity contribution is 0.0251. The van der Waals surface area contributed by atoms with Crippen LogP contribution in [0.4, 0.5) is 0 Å². The van der Waals surface area contributed by atoms with Crippen LogP contribution in [0.1, 0.15) is 22.2 Å². The number of benzene rings is 1. The number of nitrogens with one attached hydrogen (secondary N) is 1. The normalized spacial score (nSPS) is 22.3. The van der Waals surface area contributed by atoms with Gasteiger partial charge in [0, 0.05) is 44.7 Å². The fourth-order valence-corrected chi connectivity index (χ4v) is 3.47. The highest BCUT2D eigenvalue weighted by molar-refractivity contribution is 6.06. The van der Waals surface area contributed by atoms with Crippen molar-refractivity contribution >= 4 is 16.8 Å². The number of aromatic nitrogens is 1. The third-order valence-electron chi connectivity index (χ3n) is 5.01. The number of morpholine rings is 1. The first kappa shape index (κ1) is 16.4. The van der Waals surface area contributed by atoms with Crippen LogP contribution in [0.2, 0.25) is 0 Å². The van der Waals surface area contributed by atoms with Gasteiger partial charge < -0.3 is 19.9 Å². The molecule has 3 heterocycles. The van der Waals surface area contributed by atoms with Crippen molar-refractivity contribution in [3.8, 4) is 0 Å². The topological polar surface area (TPSA) is 57.7 Å². The summed E-state index contributed by atoms with van der Waals surface area (Å²) in [6.45, 7) is 5.62. The molecule has 25 heavy (non-hydrogen) atoms. The van der Waals surface area contributed by atoms with Crippen molar-refractivity contribution in [2.24, 2.45) is 0 Å². The fourth-order valence-electron chi connectivity index (χ4n) is 3.47. The lowest BCUT2D eigenvalue weighted by atomic mass is 10.0. The van der Waals surface area contributed by atoms with Crippen molar-refractivity contribution < 1.29 is 9.53 Å². The third-order valence-corrected chi connectivity index (χ3v) is 5.01. The minimum Gasteiger partial charge on any atom is -0.369 e. The van der Waals surface area contributed by atoms with Gasteiger partial charge in [-0.25, -0.2) is 4.98 Å². The number of ether oxygens (including phenoxy) is 1. The molecule has 2 fully saturated rings. The van der Waals surface area contributed by atoms with E-state index in [0.29, 0.717) is 6.61 Å². The van der Waals surface area contributed by atoms with Crippen LogP contribution < -0.4 is 5.32 Å². The smallest absolute Gasteiger partial charge is 0.254 e. The summed E-state index contributed by atoms with van der Waals surface area (Å²) in [5.74, 6) is 0.0942. The van der Waals surface area contributed by atoms with Gasteiger partial charge >= 0.3 is 0 Å². The van der Waals surface area contributed by atoms with E-state index in [1.54, 1.807) is 0 Å². The average molecular weight is 340 g/mol. The van der Waals surface area contributed by atoms with E-state index in [0.717, 1.165) is 61.4 Å². The Morgan fingerprint density at radius 2 is 2.04 bits per heavy atom. The number of pyridine rings is 1. The van der Waals surface area contributed by atoms with E-state index in [4.69, 9.17) is 9.72 Å². The second-order valence-corrected chi connectivity index (χ2v) is 6.77. The number of carbonyl (C=O) groups excluding carboxylic acids is 1. The molecule has 0 radical (unpaired) electrons. The van der Waals surface area contributed by atoms with Crippen LogP contribution in [-0.4, -0.2) is 73.6 Å². The molecule has 6 heteroatoms. The van der Waals surface area contributed by atoms with Crippen molar-refractivity contribution in [2.45, 2.75) is 6.10 Å². The molecule has 0 bridgehead atoms. The molecule has 6 nitrogen and oxygen atoms in total. The quantitative estimate of drug-likeness (QED) is 0.893. The molecule has 4 rings (SSSR count). The number of carbonyl (C=O) groups is 1. The lowest BCUT2D eigenvalue weighted by Crippen LogP contribution is -2.47. The summed E-state index contributed by atoms with van der Waals surface area (Å²) in [6.07, 6.45) is -0.0996. The van der Waals surface area contributed by atoms with Crippen LogP contribution in [0.5, 0.6) is 0 Å². The van der Waals surface area contributed by atoms with Gasteiger partial charge in [0.05, 0.1) is 23.4 Å². The fraction of sp³-hybridized carbons (Fsp3) is 0.474. The van der Waals surface area contributed by atoms with E-state index in [1.807, 2.05) is 35.2 Å². The highest BCUT2D eigenvalue weighted by Crippen LogP contribution is 2.25. The first-order chi connectivity index (χ1) is 12.2. The number of nitrogens with zero attached hydrogens (tertiary/aromatic N) is 3. The Balaban J connectivity index is 1.71. The third kappa shape index (κ3) is 3.38. The second-order valence-electron chi connectivity index (χ2n) is 6.77. The highest BCUT2D eigenvalue weighted by atomic mass is 16.5. The number of rotatable bonds is 2. The van der Waals surface area contributed by atoms with E-state index < -0.39 is 0 Å². The largest absolute Gasteiger partial charge is 0.369 e. The van der Waals surface area contributed by atoms with E-state index in [9.17, 15) is 4.79 Å². The van der Waals surface area contributed by atoms with Crippen LogP contribution in [0.15, 0.2) is 30.3 Å². The Morgan fingerprint density at radius 1 is 1.24 bits per heavy atom. The van der Waals surface area contributed by atoms with Crippen LogP contribution in [0.25, 0.3) is 10.9 Å². The maximum atomic E-state index is 13.2. The molecule has 132 valence electrons. The molecule has 0 aliphatic carbocycles. The molecule has 0 spiro atoms. The van der Waals surface area contributed by atoms with E-state index in [2.05, 4.69) is 17.3 Å². The first-order valence-corrected chi connectivity index (χ1v) is 8.92. The summed E-state index contributed by atoms with van der Waals surface area (Å²) < 4.78 is 5.85. The zero-order valence-corrected chi connectivity index (χ0v) is 14.6. The SMILES string of the molecule is CN1CCN(C(=O)c2cc([C@H]3CNCCO3)nc3ccccc23)CC1. The number of para-hydroxylation sites is 1. The molecule has 1 atom stereocenters. The minimum atomic E-state index is -0.0996. The predicted octanol–water partition coefficient (Wildman–Crippen LogP) is 1.28. The van der Waals surface area contributed by atoms with Gasteiger partial charge in [-0.3, -0.25) is 4.79 Å². The molecule has 1 aromatic carbocycles. The van der Waals surface area contributed by atoms with E-state index >= 15 is 0 Å². The van der Waals surface area contributed by atoms with E-state index in [-0.39, 0.29) is 12.0 Å². The summed E-state index contributed by atoms with van der Waals surface area (Å²) in [6, 6.07) is 9.80. The Morgan fingerprint density at radius 3 is 2.80 bits per heavy atom. The molecule has 0 saturated carbocycles. The number of hydrogen-bond donors (Lipinski definition) is 1. The van der Waals surface area contributed by atoms with Gasteiger partial charge in [0.2, 0.25) is 0 Å². The Hall–Kier alpha value is -2.02. The molecule has 0 unspecified atom stereocenters. The van der Waals surface area contributed by atoms with E-state index in [1.165, 1.54) is 0 Å². The summed E-state index contributed by atoms with van der Waals surface area (Å²) in [5, 5.41) is 4.25. The summed E-state index contributed by atoms with van der Waals surface area (Å²) >= 11 is 0. The predicted molar refractivity (Wildman–Crippen MR) is 96.7 cm³/mol. The Labute approximate surface area is 147 Å². The highest BCUT2D eigenvalue weighted by Gasteiger charge is 2.25. The van der Waals surface area contributed by atoms with Gasteiger partial charge in [0.1, 0.15) is 6.10 Å². The summed E-state index contributed by atoms with van der Waals surface area (Å²) in [4.78, 5) is 22.1. The van der Waals surface area contributed by atoms with Gasteiger partial charge in [0.25, 0.3) is 5.91 Å². The zero-order chi connectivity index (χ0) is 17.2. The number of amides is 1. The first-order valence-electron chi connectivity index (χ1n) is 8.92. The lowest BCUT2D eigenvalue weighted by Gasteiger charge is -2.33. The minimum absolute atomic E-state index is 0.0942. The molecule has 1 amide bonds. The number of piperazine rings is 1. The Bertz CT molecular complexity index is 765. The van der Waals surface area contributed by atoms with Crippen molar-refractivity contribution in [1.29, 1.82) is 0 Å². The number of likely N-dealkylation sites (N-methyl/N-ethyl adjacent to an activating group) is 1. The molecule has 2 aromatic rings. The second kappa shape index (κ2) is 7.07. The molecular weight excluding hydrogens is 316 g/mol. The standard InChI is InChI=1S/C19H24N4O2/c1-22-7-9-23(10-8-22)19(24)15-12-17(18-13-20-6-11-25-18)21-16-5-3-2-4-14(15)16/h2-5,12,18,20H,6-11,13H2,1H3/t18-/m1/s1. The van der Waals surface area contributed by atoms with Gasteiger partial charge in [-0.2, -0.15) is 0 Å². The molecule has 2 aliphatic heterocycles. The van der Waals surface area contributed by atoms with Crippen molar-refractivity contribution in [1.82, 2.24) is 20.1 Å². The maximum absolute atomic E-state index is 13.2. The van der Waals surface area contributed by atoms with Gasteiger partial charge in [-0.05, 0) is 19.2 Å². The number of fused-ring (bicyclic) bond motifs is 1. The maximum Gasteiger partial charge on any atom is 0.254 e. The van der Waals surface area contributed by atoms with Gasteiger partial charge in [-0.1, -0.05) is 18.2 Å². The Kier molecular flexibility index (Phi) is 4.65. The number of hydrogen-bond acceptors (Lipinski definition) is 5. The molecule has 1 aromatic heterocycles. The molecule has 1 N–H and O–H groups in total. The monoisotopic (exact) mass is 340 g/mol. The van der Waals surface area contributed by atoms with Crippen LogP contribution in [0, 0.1) is 0 Å². The van der Waals surface area contributed by atoms with Gasteiger partial charge in [0.15, 0.2) is 0 Å². The summed E-state index contributed by atoms with van der Waals surface area (Å²) in [7, 11) is 2.09. The van der Waals surface area contributed by atoms with Crippen LogP contribution in [-0.2, 0) is 4.74 Å². The molecular formula is C19H24N4O2. The average Bonchev–Trinajstić information content (AvgIpc) is 2.68.